The van der Waals surface area contributed by atoms with E-state index in [2.05, 4.69) is 23.1 Å². The van der Waals surface area contributed by atoms with Crippen LogP contribution in [0, 0.1) is 0 Å². The predicted molar refractivity (Wildman–Crippen MR) is 60.7 cm³/mol. The average molecular weight is 201 g/mol. The fourth-order valence-corrected chi connectivity index (χ4v) is 2.29. The van der Waals surface area contributed by atoms with Gasteiger partial charge in [-0.3, -0.25) is 0 Å². The quantitative estimate of drug-likeness (QED) is 0.692. The van der Waals surface area contributed by atoms with Crippen LogP contribution < -0.4 is 4.74 Å². The fourth-order valence-electron chi connectivity index (χ4n) is 2.29. The molecule has 2 aliphatic heterocycles. The molecule has 2 nitrogen and oxygen atoms in total. The molecule has 2 heteroatoms. The molecule has 1 fully saturated rings. The molecule has 0 bridgehead atoms. The van der Waals surface area contributed by atoms with Crippen molar-refractivity contribution in [3.8, 4) is 5.75 Å². The van der Waals surface area contributed by atoms with Gasteiger partial charge in [0, 0.05) is 18.7 Å². The molecular weight excluding hydrogens is 186 g/mol. The first-order valence-corrected chi connectivity index (χ1v) is 5.61. The van der Waals surface area contributed by atoms with Crippen LogP contribution in [0.2, 0.25) is 0 Å². The van der Waals surface area contributed by atoms with Crippen molar-refractivity contribution in [2.45, 2.75) is 12.8 Å². The van der Waals surface area contributed by atoms with Gasteiger partial charge in [-0.1, -0.05) is 18.2 Å². The van der Waals surface area contributed by atoms with E-state index in [1.807, 2.05) is 12.1 Å². The summed E-state index contributed by atoms with van der Waals surface area (Å²) >= 11 is 0. The number of nitrogens with zero attached hydrogens (tertiary/aromatic N) is 1. The molecule has 2 aliphatic rings. The maximum Gasteiger partial charge on any atom is 0.128 e. The second-order valence-corrected chi connectivity index (χ2v) is 4.16. The Bertz CT molecular complexity index is 391. The van der Waals surface area contributed by atoms with Gasteiger partial charge >= 0.3 is 0 Å². The summed E-state index contributed by atoms with van der Waals surface area (Å²) in [6.45, 7) is 3.12. The predicted octanol–water partition coefficient (Wildman–Crippen LogP) is 2.52. The minimum absolute atomic E-state index is 0.733. The van der Waals surface area contributed by atoms with E-state index in [4.69, 9.17) is 4.74 Å². The van der Waals surface area contributed by atoms with Gasteiger partial charge in [-0.05, 0) is 25.0 Å². The topological polar surface area (TPSA) is 12.5 Å². The molecule has 0 spiro atoms. The van der Waals surface area contributed by atoms with Gasteiger partial charge in [0.05, 0.1) is 5.70 Å². The Morgan fingerprint density at radius 3 is 2.73 bits per heavy atom. The van der Waals surface area contributed by atoms with Crippen LogP contribution in [0.3, 0.4) is 0 Å². The number of hydrogen-bond acceptors (Lipinski definition) is 2. The Labute approximate surface area is 90.2 Å². The van der Waals surface area contributed by atoms with Crippen molar-refractivity contribution in [2.24, 2.45) is 0 Å². The zero-order valence-corrected chi connectivity index (χ0v) is 8.78. The highest BCUT2D eigenvalue weighted by atomic mass is 16.5. The number of hydrogen-bond donors (Lipinski definition) is 0. The molecule has 2 heterocycles. The van der Waals surface area contributed by atoms with E-state index < -0.39 is 0 Å². The van der Waals surface area contributed by atoms with E-state index in [1.54, 1.807) is 0 Å². The highest BCUT2D eigenvalue weighted by Crippen LogP contribution is 2.28. The van der Waals surface area contributed by atoms with E-state index in [1.165, 1.54) is 37.2 Å². The molecule has 0 atom stereocenters. The summed E-state index contributed by atoms with van der Waals surface area (Å²) in [5.74, 6) is 1.01. The van der Waals surface area contributed by atoms with E-state index in [0.717, 1.165) is 12.4 Å². The number of fused-ring (bicyclic) bond motifs is 1. The lowest BCUT2D eigenvalue weighted by Crippen LogP contribution is -2.24. The fraction of sp³-hybridized carbons (Fsp3) is 0.385. The Hall–Kier alpha value is -1.44. The highest BCUT2D eigenvalue weighted by molar-refractivity contribution is 5.61. The Morgan fingerprint density at radius 1 is 1.07 bits per heavy atom. The van der Waals surface area contributed by atoms with Gasteiger partial charge in [0.2, 0.25) is 0 Å². The van der Waals surface area contributed by atoms with Crippen LogP contribution in [0.5, 0.6) is 5.75 Å². The summed E-state index contributed by atoms with van der Waals surface area (Å²) in [4.78, 5) is 2.44. The van der Waals surface area contributed by atoms with Gasteiger partial charge in [-0.15, -0.1) is 0 Å². The lowest BCUT2D eigenvalue weighted by Gasteiger charge is -2.25. The molecule has 0 aliphatic carbocycles. The zero-order valence-electron chi connectivity index (χ0n) is 8.78. The molecule has 1 saturated heterocycles. The van der Waals surface area contributed by atoms with E-state index >= 15 is 0 Å². The van der Waals surface area contributed by atoms with Crippen LogP contribution in [-0.2, 0) is 0 Å². The molecule has 15 heavy (non-hydrogen) atoms. The first-order chi connectivity index (χ1) is 7.43. The molecule has 3 rings (SSSR count). The second kappa shape index (κ2) is 3.61. The van der Waals surface area contributed by atoms with Gasteiger partial charge in [0.1, 0.15) is 12.4 Å². The smallest absolute Gasteiger partial charge is 0.128 e. The minimum atomic E-state index is 0.733. The summed E-state index contributed by atoms with van der Waals surface area (Å²) in [6, 6.07) is 8.23. The number of ether oxygens (including phenoxy) is 1. The van der Waals surface area contributed by atoms with Crippen LogP contribution in [-0.4, -0.2) is 24.6 Å². The van der Waals surface area contributed by atoms with Crippen molar-refractivity contribution in [1.82, 2.24) is 4.90 Å². The normalized spacial score (nSPS) is 19.5. The molecule has 0 amide bonds. The zero-order chi connectivity index (χ0) is 10.1. The molecule has 1 aromatic carbocycles. The van der Waals surface area contributed by atoms with Gasteiger partial charge in [-0.25, -0.2) is 0 Å². The van der Waals surface area contributed by atoms with Gasteiger partial charge in [0.15, 0.2) is 0 Å². The summed E-state index contributed by atoms with van der Waals surface area (Å²) in [5.41, 5.74) is 2.55. The third-order valence-corrected chi connectivity index (χ3v) is 3.13. The number of rotatable bonds is 1. The summed E-state index contributed by atoms with van der Waals surface area (Å²) in [5, 5.41) is 0. The largest absolute Gasteiger partial charge is 0.487 e. The first-order valence-electron chi connectivity index (χ1n) is 5.61. The Kier molecular flexibility index (Phi) is 2.13. The third kappa shape index (κ3) is 1.60. The highest BCUT2D eigenvalue weighted by Gasteiger charge is 2.18. The standard InChI is InChI=1S/C13H15NO/c1-2-6-13-11(5-1)9-12(10-15-13)14-7-3-4-8-14/h1-2,5-6,9H,3-4,7-8,10H2. The van der Waals surface area contributed by atoms with Gasteiger partial charge in [0.25, 0.3) is 0 Å². The summed E-state index contributed by atoms with van der Waals surface area (Å²) in [7, 11) is 0. The number of likely N-dealkylation sites (tertiary alicyclic amines) is 1. The van der Waals surface area contributed by atoms with Crippen LogP contribution in [0.25, 0.3) is 6.08 Å². The summed E-state index contributed by atoms with van der Waals surface area (Å²) < 4.78 is 5.74. The second-order valence-electron chi connectivity index (χ2n) is 4.16. The number of benzene rings is 1. The van der Waals surface area contributed by atoms with Crippen molar-refractivity contribution in [1.29, 1.82) is 0 Å². The van der Waals surface area contributed by atoms with Crippen molar-refractivity contribution < 1.29 is 4.74 Å². The van der Waals surface area contributed by atoms with Crippen LogP contribution in [0.1, 0.15) is 18.4 Å². The third-order valence-electron chi connectivity index (χ3n) is 3.13. The average Bonchev–Trinajstić information content (AvgIpc) is 2.82. The monoisotopic (exact) mass is 201 g/mol. The van der Waals surface area contributed by atoms with Crippen molar-refractivity contribution >= 4 is 6.08 Å². The summed E-state index contributed by atoms with van der Waals surface area (Å²) in [6.07, 6.45) is 4.90. The maximum atomic E-state index is 5.74. The van der Waals surface area contributed by atoms with Gasteiger partial charge in [-0.2, -0.15) is 0 Å². The lowest BCUT2D eigenvalue weighted by atomic mass is 10.1. The van der Waals surface area contributed by atoms with E-state index in [9.17, 15) is 0 Å². The molecular formula is C13H15NO. The van der Waals surface area contributed by atoms with Crippen LogP contribution in [0.4, 0.5) is 0 Å². The molecule has 78 valence electrons. The molecule has 1 aromatic rings. The SMILES string of the molecule is C1=C(N2CCCC2)COc2ccccc21. The van der Waals surface area contributed by atoms with Crippen LogP contribution in [0.15, 0.2) is 30.0 Å². The van der Waals surface area contributed by atoms with E-state index in [0.29, 0.717) is 0 Å². The lowest BCUT2D eigenvalue weighted by molar-refractivity contribution is 0.288. The molecule has 0 aromatic heterocycles. The van der Waals surface area contributed by atoms with Gasteiger partial charge < -0.3 is 9.64 Å². The maximum absolute atomic E-state index is 5.74. The Morgan fingerprint density at radius 2 is 1.87 bits per heavy atom. The molecule has 0 saturated carbocycles. The van der Waals surface area contributed by atoms with Crippen LogP contribution >= 0.6 is 0 Å². The minimum Gasteiger partial charge on any atom is -0.487 e. The molecule has 0 radical (unpaired) electrons. The molecule has 0 N–H and O–H groups in total. The van der Waals surface area contributed by atoms with Crippen molar-refractivity contribution in [3.05, 3.63) is 35.5 Å². The first kappa shape index (κ1) is 8.84. The molecule has 0 unspecified atom stereocenters. The van der Waals surface area contributed by atoms with Crippen molar-refractivity contribution in [3.63, 3.8) is 0 Å². The van der Waals surface area contributed by atoms with E-state index in [-0.39, 0.29) is 0 Å². The number of para-hydroxylation sites is 1. The Balaban J connectivity index is 1.91. The van der Waals surface area contributed by atoms with Crippen molar-refractivity contribution in [2.75, 3.05) is 19.7 Å².